The summed E-state index contributed by atoms with van der Waals surface area (Å²) in [6.07, 6.45) is -0.600. The standard InChI is InChI=1S/C11H16ClN3O3/c1-11(2,3)18-10(16)13-9-5-8(17-4)7(6-12)14-15-9/h5H,6H2,1-4H3,(H,13,15,16). The lowest BCUT2D eigenvalue weighted by Gasteiger charge is -2.19. The van der Waals surface area contributed by atoms with Gasteiger partial charge in [0.05, 0.1) is 13.0 Å². The monoisotopic (exact) mass is 273 g/mol. The van der Waals surface area contributed by atoms with Crippen LogP contribution >= 0.6 is 11.6 Å². The van der Waals surface area contributed by atoms with Crippen molar-refractivity contribution >= 4 is 23.5 Å². The first-order valence-electron chi connectivity index (χ1n) is 5.32. The molecule has 0 atom stereocenters. The van der Waals surface area contributed by atoms with Gasteiger partial charge >= 0.3 is 6.09 Å². The quantitative estimate of drug-likeness (QED) is 0.857. The van der Waals surface area contributed by atoms with Crippen molar-refractivity contribution in [2.45, 2.75) is 32.3 Å². The Balaban J connectivity index is 2.76. The molecule has 1 amide bonds. The van der Waals surface area contributed by atoms with Crippen LogP contribution < -0.4 is 10.1 Å². The minimum absolute atomic E-state index is 0.183. The largest absolute Gasteiger partial charge is 0.495 e. The zero-order valence-corrected chi connectivity index (χ0v) is 11.5. The first kappa shape index (κ1) is 14.5. The first-order chi connectivity index (χ1) is 8.35. The molecule has 0 unspecified atom stereocenters. The summed E-state index contributed by atoms with van der Waals surface area (Å²) < 4.78 is 10.2. The maximum atomic E-state index is 11.5. The summed E-state index contributed by atoms with van der Waals surface area (Å²) in [5.74, 6) is 0.893. The number of nitrogens with zero attached hydrogens (tertiary/aromatic N) is 2. The van der Waals surface area contributed by atoms with Gasteiger partial charge in [0.1, 0.15) is 17.0 Å². The van der Waals surface area contributed by atoms with E-state index in [1.165, 1.54) is 13.2 Å². The molecule has 1 N–H and O–H groups in total. The molecular formula is C11H16ClN3O3. The fourth-order valence-electron chi connectivity index (χ4n) is 1.14. The van der Waals surface area contributed by atoms with Gasteiger partial charge in [0.15, 0.2) is 5.82 Å². The van der Waals surface area contributed by atoms with Gasteiger partial charge in [0.25, 0.3) is 0 Å². The zero-order valence-electron chi connectivity index (χ0n) is 10.8. The van der Waals surface area contributed by atoms with Gasteiger partial charge in [-0.2, -0.15) is 0 Å². The lowest BCUT2D eigenvalue weighted by molar-refractivity contribution is 0.0635. The van der Waals surface area contributed by atoms with E-state index in [1.54, 1.807) is 20.8 Å². The zero-order chi connectivity index (χ0) is 13.8. The maximum absolute atomic E-state index is 11.5. The van der Waals surface area contributed by atoms with Gasteiger partial charge in [0.2, 0.25) is 0 Å². The van der Waals surface area contributed by atoms with Gasteiger partial charge < -0.3 is 9.47 Å². The Morgan fingerprint density at radius 1 is 1.44 bits per heavy atom. The average molecular weight is 274 g/mol. The molecule has 0 aliphatic rings. The van der Waals surface area contributed by atoms with Crippen LogP contribution in [0.1, 0.15) is 26.5 Å². The molecule has 0 aliphatic heterocycles. The SMILES string of the molecule is COc1cc(NC(=O)OC(C)(C)C)nnc1CCl. The third kappa shape index (κ3) is 4.37. The highest BCUT2D eigenvalue weighted by Crippen LogP contribution is 2.20. The van der Waals surface area contributed by atoms with E-state index in [4.69, 9.17) is 21.1 Å². The van der Waals surface area contributed by atoms with Crippen molar-refractivity contribution in [1.82, 2.24) is 10.2 Å². The van der Waals surface area contributed by atoms with Crippen LogP contribution in [0.2, 0.25) is 0 Å². The summed E-state index contributed by atoms with van der Waals surface area (Å²) in [5, 5.41) is 10.1. The summed E-state index contributed by atoms with van der Waals surface area (Å²) in [5.41, 5.74) is -0.0635. The fraction of sp³-hybridized carbons (Fsp3) is 0.545. The summed E-state index contributed by atoms with van der Waals surface area (Å²) in [4.78, 5) is 11.5. The van der Waals surface area contributed by atoms with E-state index in [9.17, 15) is 4.79 Å². The number of ether oxygens (including phenoxy) is 2. The summed E-state index contributed by atoms with van der Waals surface area (Å²) in [6, 6.07) is 1.54. The second kappa shape index (κ2) is 5.86. The predicted octanol–water partition coefficient (Wildman–Crippen LogP) is 2.57. The van der Waals surface area contributed by atoms with Crippen molar-refractivity contribution in [3.63, 3.8) is 0 Å². The Morgan fingerprint density at radius 2 is 2.11 bits per heavy atom. The number of aromatic nitrogens is 2. The van der Waals surface area contributed by atoms with Crippen molar-refractivity contribution in [1.29, 1.82) is 0 Å². The number of hydrogen-bond acceptors (Lipinski definition) is 5. The Hall–Kier alpha value is -1.56. The summed E-state index contributed by atoms with van der Waals surface area (Å²) >= 11 is 5.66. The number of carbonyl (C=O) groups is 1. The Morgan fingerprint density at radius 3 is 2.61 bits per heavy atom. The van der Waals surface area contributed by atoms with Gasteiger partial charge in [-0.1, -0.05) is 0 Å². The number of halogens is 1. The van der Waals surface area contributed by atoms with E-state index in [0.717, 1.165) is 0 Å². The Kier molecular flexibility index (Phi) is 4.72. The van der Waals surface area contributed by atoms with Crippen LogP contribution in [0, 0.1) is 0 Å². The van der Waals surface area contributed by atoms with Crippen LogP contribution in [0.25, 0.3) is 0 Å². The minimum atomic E-state index is -0.600. The molecule has 6 nitrogen and oxygen atoms in total. The van der Waals surface area contributed by atoms with Gasteiger partial charge in [0, 0.05) is 6.07 Å². The van der Waals surface area contributed by atoms with E-state index in [0.29, 0.717) is 11.4 Å². The van der Waals surface area contributed by atoms with Crippen LogP contribution in [0.15, 0.2) is 6.07 Å². The number of hydrogen-bond donors (Lipinski definition) is 1. The Labute approximate surface area is 111 Å². The molecule has 100 valence electrons. The normalized spacial score (nSPS) is 10.9. The molecule has 0 spiro atoms. The summed E-state index contributed by atoms with van der Waals surface area (Å²) in [6.45, 7) is 5.32. The van der Waals surface area contributed by atoms with Crippen molar-refractivity contribution in [3.8, 4) is 5.75 Å². The average Bonchev–Trinajstić information content (AvgIpc) is 2.26. The van der Waals surface area contributed by atoms with Gasteiger partial charge in [-0.25, -0.2) is 4.79 Å². The molecule has 0 saturated carbocycles. The van der Waals surface area contributed by atoms with Crippen molar-refractivity contribution < 1.29 is 14.3 Å². The molecule has 0 bridgehead atoms. The number of rotatable bonds is 3. The maximum Gasteiger partial charge on any atom is 0.413 e. The minimum Gasteiger partial charge on any atom is -0.495 e. The topological polar surface area (TPSA) is 73.3 Å². The molecule has 7 heteroatoms. The van der Waals surface area contributed by atoms with Crippen LogP contribution in [-0.2, 0) is 10.6 Å². The second-order valence-electron chi connectivity index (χ2n) is 4.51. The van der Waals surface area contributed by atoms with Gasteiger partial charge in [-0.05, 0) is 20.8 Å². The van der Waals surface area contributed by atoms with E-state index >= 15 is 0 Å². The Bertz CT molecular complexity index is 432. The van der Waals surface area contributed by atoms with Crippen LogP contribution in [-0.4, -0.2) is 29.0 Å². The number of anilines is 1. The van der Waals surface area contributed by atoms with Gasteiger partial charge in [-0.3, -0.25) is 5.32 Å². The van der Waals surface area contributed by atoms with Crippen LogP contribution in [0.3, 0.4) is 0 Å². The molecule has 0 fully saturated rings. The molecule has 1 rings (SSSR count). The van der Waals surface area contributed by atoms with Gasteiger partial charge in [-0.15, -0.1) is 21.8 Å². The highest BCUT2D eigenvalue weighted by Gasteiger charge is 2.17. The highest BCUT2D eigenvalue weighted by molar-refractivity contribution is 6.17. The molecular weight excluding hydrogens is 258 g/mol. The number of nitrogens with one attached hydrogen (secondary N) is 1. The number of alkyl halides is 1. The van der Waals surface area contributed by atoms with Crippen molar-refractivity contribution in [2.24, 2.45) is 0 Å². The van der Waals surface area contributed by atoms with Crippen LogP contribution in [0.5, 0.6) is 5.75 Å². The molecule has 1 aromatic heterocycles. The molecule has 0 aliphatic carbocycles. The molecule has 1 heterocycles. The lowest BCUT2D eigenvalue weighted by atomic mass is 10.2. The van der Waals surface area contributed by atoms with E-state index in [-0.39, 0.29) is 11.7 Å². The van der Waals surface area contributed by atoms with Crippen molar-refractivity contribution in [3.05, 3.63) is 11.8 Å². The number of amides is 1. The van der Waals surface area contributed by atoms with Crippen molar-refractivity contribution in [2.75, 3.05) is 12.4 Å². The lowest BCUT2D eigenvalue weighted by Crippen LogP contribution is -2.27. The molecule has 0 saturated heterocycles. The van der Waals surface area contributed by atoms with E-state index < -0.39 is 11.7 Å². The molecule has 1 aromatic rings. The smallest absolute Gasteiger partial charge is 0.413 e. The third-order valence-electron chi connectivity index (χ3n) is 1.81. The summed E-state index contributed by atoms with van der Waals surface area (Å²) in [7, 11) is 1.49. The highest BCUT2D eigenvalue weighted by atomic mass is 35.5. The number of methoxy groups -OCH3 is 1. The predicted molar refractivity (Wildman–Crippen MR) is 68.0 cm³/mol. The molecule has 18 heavy (non-hydrogen) atoms. The molecule has 0 radical (unpaired) electrons. The van der Waals surface area contributed by atoms with E-state index in [2.05, 4.69) is 15.5 Å². The third-order valence-corrected chi connectivity index (χ3v) is 2.06. The second-order valence-corrected chi connectivity index (χ2v) is 4.77. The first-order valence-corrected chi connectivity index (χ1v) is 5.85. The molecule has 0 aromatic carbocycles. The van der Waals surface area contributed by atoms with E-state index in [1.807, 2.05) is 0 Å². The van der Waals surface area contributed by atoms with Crippen LogP contribution in [0.4, 0.5) is 10.6 Å². The number of carbonyl (C=O) groups excluding carboxylic acids is 1. The fourth-order valence-corrected chi connectivity index (χ4v) is 1.32.